The summed E-state index contributed by atoms with van der Waals surface area (Å²) < 4.78 is 5.79. The third-order valence-corrected chi connectivity index (χ3v) is 4.79. The molecule has 1 saturated carbocycles. The summed E-state index contributed by atoms with van der Waals surface area (Å²) in [7, 11) is 0. The maximum Gasteiger partial charge on any atom is 0.317 e. The first kappa shape index (κ1) is 17.0. The van der Waals surface area contributed by atoms with Crippen LogP contribution >= 0.6 is 0 Å². The second-order valence-electron chi connectivity index (χ2n) is 6.52. The van der Waals surface area contributed by atoms with Gasteiger partial charge in [-0.1, -0.05) is 18.9 Å². The van der Waals surface area contributed by atoms with E-state index in [1.54, 1.807) is 0 Å². The summed E-state index contributed by atoms with van der Waals surface area (Å²) in [5.74, 6) is 0.990. The summed E-state index contributed by atoms with van der Waals surface area (Å²) in [4.78, 5) is 20.9. The fraction of sp³-hybridized carbons (Fsp3) is 0.667. The molecule has 2 heterocycles. The van der Waals surface area contributed by atoms with Crippen molar-refractivity contribution >= 4 is 11.8 Å². The predicted molar refractivity (Wildman–Crippen MR) is 94.2 cm³/mol. The van der Waals surface area contributed by atoms with Gasteiger partial charge < -0.3 is 19.9 Å². The van der Waals surface area contributed by atoms with Gasteiger partial charge in [-0.25, -0.2) is 9.78 Å². The second kappa shape index (κ2) is 8.87. The molecule has 2 aliphatic rings. The number of anilines is 1. The molecule has 1 N–H and O–H groups in total. The van der Waals surface area contributed by atoms with Crippen LogP contribution in [0.25, 0.3) is 0 Å². The molecule has 0 spiro atoms. The number of nitrogens with one attached hydrogen (secondary N) is 1. The van der Waals surface area contributed by atoms with E-state index in [1.807, 2.05) is 29.3 Å². The van der Waals surface area contributed by atoms with Crippen molar-refractivity contribution in [1.82, 2.24) is 15.2 Å². The van der Waals surface area contributed by atoms with Crippen molar-refractivity contribution in [3.05, 3.63) is 24.4 Å². The molecular weight excluding hydrogens is 304 g/mol. The number of ether oxygens (including phenoxy) is 1. The Morgan fingerprint density at radius 2 is 2.04 bits per heavy atom. The number of hydrogen-bond acceptors (Lipinski definition) is 4. The van der Waals surface area contributed by atoms with Gasteiger partial charge in [0.25, 0.3) is 0 Å². The third kappa shape index (κ3) is 4.84. The fourth-order valence-electron chi connectivity index (χ4n) is 3.44. The zero-order valence-corrected chi connectivity index (χ0v) is 14.3. The molecule has 6 nitrogen and oxygen atoms in total. The smallest absolute Gasteiger partial charge is 0.317 e. The molecule has 1 aromatic rings. The van der Waals surface area contributed by atoms with E-state index in [0.29, 0.717) is 19.3 Å². The zero-order chi connectivity index (χ0) is 16.6. The molecule has 1 saturated heterocycles. The summed E-state index contributed by atoms with van der Waals surface area (Å²) in [5.41, 5.74) is 0. The highest BCUT2D eigenvalue weighted by Gasteiger charge is 2.20. The fourth-order valence-corrected chi connectivity index (χ4v) is 3.44. The van der Waals surface area contributed by atoms with E-state index < -0.39 is 0 Å². The number of amides is 2. The van der Waals surface area contributed by atoms with Crippen LogP contribution < -0.4 is 10.2 Å². The molecule has 24 heavy (non-hydrogen) atoms. The minimum Gasteiger partial charge on any atom is -0.376 e. The average molecular weight is 332 g/mol. The Labute approximate surface area is 144 Å². The van der Waals surface area contributed by atoms with E-state index >= 15 is 0 Å². The number of nitrogens with zero attached hydrogens (tertiary/aromatic N) is 3. The summed E-state index contributed by atoms with van der Waals surface area (Å²) in [6.07, 6.45) is 8.08. The van der Waals surface area contributed by atoms with Crippen LogP contribution in [-0.2, 0) is 4.74 Å². The maximum absolute atomic E-state index is 12.3. The highest BCUT2D eigenvalue weighted by Crippen LogP contribution is 2.20. The van der Waals surface area contributed by atoms with Crippen LogP contribution in [0.4, 0.5) is 10.6 Å². The summed E-state index contributed by atoms with van der Waals surface area (Å²) in [6, 6.07) is 5.97. The van der Waals surface area contributed by atoms with Crippen LogP contribution in [0.15, 0.2) is 24.4 Å². The molecule has 2 fully saturated rings. The van der Waals surface area contributed by atoms with Crippen LogP contribution in [0.1, 0.15) is 32.1 Å². The monoisotopic (exact) mass is 332 g/mol. The number of carbonyl (C=O) groups excluding carboxylic acids is 1. The summed E-state index contributed by atoms with van der Waals surface area (Å²) >= 11 is 0. The lowest BCUT2D eigenvalue weighted by Crippen LogP contribution is -2.43. The number of aromatic nitrogens is 1. The Balaban J connectivity index is 1.38. The molecule has 0 atom stereocenters. The van der Waals surface area contributed by atoms with Crippen LogP contribution in [0, 0.1) is 0 Å². The van der Waals surface area contributed by atoms with Crippen molar-refractivity contribution in [3.8, 4) is 0 Å². The Bertz CT molecular complexity index is 505. The molecule has 3 rings (SSSR count). The standard InChI is InChI=1S/C18H28N4O2/c23-18(20-10-15-24-16-6-1-2-7-16)22-12-5-11-21(13-14-22)17-8-3-4-9-19-17/h3-4,8-9,16H,1-2,5-7,10-15H2,(H,20,23). The molecular formula is C18H28N4O2. The highest BCUT2D eigenvalue weighted by atomic mass is 16.5. The van der Waals surface area contributed by atoms with E-state index in [0.717, 1.165) is 38.4 Å². The maximum atomic E-state index is 12.3. The van der Waals surface area contributed by atoms with Crippen molar-refractivity contribution in [2.45, 2.75) is 38.2 Å². The number of rotatable bonds is 5. The van der Waals surface area contributed by atoms with Gasteiger partial charge >= 0.3 is 6.03 Å². The van der Waals surface area contributed by atoms with E-state index in [9.17, 15) is 4.79 Å². The van der Waals surface area contributed by atoms with Gasteiger partial charge in [0.15, 0.2) is 0 Å². The topological polar surface area (TPSA) is 57.7 Å². The van der Waals surface area contributed by atoms with E-state index in [1.165, 1.54) is 25.7 Å². The SMILES string of the molecule is O=C(NCCOC1CCCC1)N1CCCN(c2ccccn2)CC1. The lowest BCUT2D eigenvalue weighted by Gasteiger charge is -2.23. The van der Waals surface area contributed by atoms with Gasteiger partial charge in [-0.15, -0.1) is 0 Å². The Morgan fingerprint density at radius 3 is 2.83 bits per heavy atom. The molecule has 6 heteroatoms. The molecule has 132 valence electrons. The van der Waals surface area contributed by atoms with Crippen molar-refractivity contribution < 1.29 is 9.53 Å². The van der Waals surface area contributed by atoms with Crippen LogP contribution in [0.2, 0.25) is 0 Å². The first-order valence-electron chi connectivity index (χ1n) is 9.13. The summed E-state index contributed by atoms with van der Waals surface area (Å²) in [5, 5.41) is 2.99. The van der Waals surface area contributed by atoms with Crippen molar-refractivity contribution in [3.63, 3.8) is 0 Å². The normalized spacial score (nSPS) is 19.3. The number of carbonyl (C=O) groups is 1. The van der Waals surface area contributed by atoms with Gasteiger partial charge in [-0.2, -0.15) is 0 Å². The molecule has 2 amide bonds. The first-order chi connectivity index (χ1) is 11.8. The van der Waals surface area contributed by atoms with Gasteiger partial charge in [0, 0.05) is 38.9 Å². The molecule has 0 aromatic carbocycles. The quantitative estimate of drug-likeness (QED) is 0.841. The predicted octanol–water partition coefficient (Wildman–Crippen LogP) is 2.26. The van der Waals surface area contributed by atoms with Crippen molar-refractivity contribution in [1.29, 1.82) is 0 Å². The molecule has 1 aromatic heterocycles. The largest absolute Gasteiger partial charge is 0.376 e. The van der Waals surface area contributed by atoms with Gasteiger partial charge in [0.1, 0.15) is 5.82 Å². The van der Waals surface area contributed by atoms with Gasteiger partial charge in [0.05, 0.1) is 12.7 Å². The number of pyridine rings is 1. The van der Waals surface area contributed by atoms with Crippen LogP contribution in [0.3, 0.4) is 0 Å². The van der Waals surface area contributed by atoms with Crippen molar-refractivity contribution in [2.75, 3.05) is 44.2 Å². The molecule has 1 aliphatic carbocycles. The van der Waals surface area contributed by atoms with Crippen molar-refractivity contribution in [2.24, 2.45) is 0 Å². The lowest BCUT2D eigenvalue weighted by molar-refractivity contribution is 0.0606. The molecule has 0 radical (unpaired) electrons. The van der Waals surface area contributed by atoms with Crippen LogP contribution in [-0.4, -0.2) is 61.3 Å². The third-order valence-electron chi connectivity index (χ3n) is 4.79. The first-order valence-corrected chi connectivity index (χ1v) is 9.13. The Kier molecular flexibility index (Phi) is 6.29. The lowest BCUT2D eigenvalue weighted by atomic mass is 10.3. The van der Waals surface area contributed by atoms with Gasteiger partial charge in [-0.05, 0) is 31.4 Å². The number of hydrogen-bond donors (Lipinski definition) is 1. The molecule has 0 unspecified atom stereocenters. The zero-order valence-electron chi connectivity index (χ0n) is 14.3. The van der Waals surface area contributed by atoms with E-state index in [2.05, 4.69) is 15.2 Å². The summed E-state index contributed by atoms with van der Waals surface area (Å²) in [6.45, 7) is 4.49. The minimum absolute atomic E-state index is 0.0212. The van der Waals surface area contributed by atoms with Crippen LogP contribution in [0.5, 0.6) is 0 Å². The van der Waals surface area contributed by atoms with E-state index in [-0.39, 0.29) is 6.03 Å². The minimum atomic E-state index is 0.0212. The second-order valence-corrected chi connectivity index (χ2v) is 6.52. The average Bonchev–Trinajstić information content (AvgIpc) is 3.01. The number of urea groups is 1. The Hall–Kier alpha value is -1.82. The molecule has 1 aliphatic heterocycles. The molecule has 0 bridgehead atoms. The Morgan fingerprint density at radius 1 is 1.17 bits per heavy atom. The van der Waals surface area contributed by atoms with E-state index in [4.69, 9.17) is 4.74 Å². The highest BCUT2D eigenvalue weighted by molar-refractivity contribution is 5.74. The van der Waals surface area contributed by atoms with Gasteiger partial charge in [0.2, 0.25) is 0 Å². The van der Waals surface area contributed by atoms with Gasteiger partial charge in [-0.3, -0.25) is 0 Å².